The molecular formula is C9H7F5N2O. The third-order valence-electron chi connectivity index (χ3n) is 2.00. The molecule has 0 fully saturated rings. The van der Waals surface area contributed by atoms with Gasteiger partial charge in [-0.2, -0.15) is 13.2 Å². The summed E-state index contributed by atoms with van der Waals surface area (Å²) < 4.78 is 62.3. The molecular weight excluding hydrogens is 247 g/mol. The Kier molecular flexibility index (Phi) is 3.76. The van der Waals surface area contributed by atoms with E-state index in [1.165, 1.54) is 0 Å². The summed E-state index contributed by atoms with van der Waals surface area (Å²) in [6.45, 7) is -0.597. The van der Waals surface area contributed by atoms with E-state index >= 15 is 0 Å². The highest BCUT2D eigenvalue weighted by Gasteiger charge is 2.36. The van der Waals surface area contributed by atoms with Gasteiger partial charge in [0, 0.05) is 12.1 Å². The van der Waals surface area contributed by atoms with Crippen LogP contribution in [0.2, 0.25) is 0 Å². The number of alkyl halides is 5. The molecule has 0 saturated heterocycles. The standard InChI is InChI=1S/C9H7F5N2O/c10-8(11)5-1-4(2-15)7(9(12,13)14)16-6(5)3-17/h1,3,8H,2,15H2. The quantitative estimate of drug-likeness (QED) is 0.665. The summed E-state index contributed by atoms with van der Waals surface area (Å²) in [5, 5.41) is 0. The van der Waals surface area contributed by atoms with Crippen LogP contribution >= 0.6 is 0 Å². The highest BCUT2D eigenvalue weighted by molar-refractivity contribution is 5.74. The Bertz CT molecular complexity index is 430. The molecule has 0 bridgehead atoms. The summed E-state index contributed by atoms with van der Waals surface area (Å²) >= 11 is 0. The van der Waals surface area contributed by atoms with E-state index in [9.17, 15) is 26.7 Å². The van der Waals surface area contributed by atoms with E-state index in [1.807, 2.05) is 0 Å². The van der Waals surface area contributed by atoms with Crippen molar-refractivity contribution < 1.29 is 26.7 Å². The van der Waals surface area contributed by atoms with Gasteiger partial charge in [0.15, 0.2) is 6.29 Å². The van der Waals surface area contributed by atoms with E-state index in [2.05, 4.69) is 4.98 Å². The number of rotatable bonds is 3. The van der Waals surface area contributed by atoms with Crippen LogP contribution in [0.15, 0.2) is 6.07 Å². The average molecular weight is 254 g/mol. The predicted octanol–water partition coefficient (Wildman–Crippen LogP) is 2.31. The lowest BCUT2D eigenvalue weighted by atomic mass is 10.1. The van der Waals surface area contributed by atoms with Crippen molar-refractivity contribution in [3.05, 3.63) is 28.6 Å². The Hall–Kier alpha value is -1.57. The first-order valence-corrected chi connectivity index (χ1v) is 4.35. The summed E-state index contributed by atoms with van der Waals surface area (Å²) in [4.78, 5) is 13.3. The third-order valence-corrected chi connectivity index (χ3v) is 2.00. The van der Waals surface area contributed by atoms with Crippen molar-refractivity contribution in [3.63, 3.8) is 0 Å². The predicted molar refractivity (Wildman–Crippen MR) is 47.5 cm³/mol. The zero-order valence-electron chi connectivity index (χ0n) is 8.26. The largest absolute Gasteiger partial charge is 0.433 e. The molecule has 8 heteroatoms. The number of carbonyl (C=O) groups is 1. The summed E-state index contributed by atoms with van der Waals surface area (Å²) in [5.41, 5.74) is 1.27. The van der Waals surface area contributed by atoms with Crippen LogP contribution in [0.1, 0.15) is 33.7 Å². The van der Waals surface area contributed by atoms with Gasteiger partial charge in [0.1, 0.15) is 11.4 Å². The molecule has 0 aliphatic carbocycles. The Balaban J connectivity index is 3.49. The van der Waals surface area contributed by atoms with Crippen molar-refractivity contribution in [3.8, 4) is 0 Å². The van der Waals surface area contributed by atoms with Crippen LogP contribution in [0.3, 0.4) is 0 Å². The topological polar surface area (TPSA) is 56.0 Å². The molecule has 0 radical (unpaired) electrons. The fourth-order valence-corrected chi connectivity index (χ4v) is 1.26. The zero-order valence-corrected chi connectivity index (χ0v) is 8.26. The van der Waals surface area contributed by atoms with Gasteiger partial charge in [-0.05, 0) is 11.6 Å². The van der Waals surface area contributed by atoms with Crippen LogP contribution in [0.4, 0.5) is 22.0 Å². The van der Waals surface area contributed by atoms with Crippen LogP contribution in [0.25, 0.3) is 0 Å². The molecule has 0 aliphatic heterocycles. The molecule has 1 aromatic rings. The molecule has 0 amide bonds. The first-order chi connectivity index (χ1) is 7.81. The normalized spacial score (nSPS) is 11.9. The maximum atomic E-state index is 12.5. The van der Waals surface area contributed by atoms with E-state index in [0.717, 1.165) is 0 Å². The lowest BCUT2D eigenvalue weighted by molar-refractivity contribution is -0.141. The SMILES string of the molecule is NCc1cc(C(F)F)c(C=O)nc1C(F)(F)F. The second-order valence-electron chi connectivity index (χ2n) is 3.09. The Labute approximate surface area is 92.4 Å². The Morgan fingerprint density at radius 2 is 2.00 bits per heavy atom. The summed E-state index contributed by atoms with van der Waals surface area (Å²) in [6, 6.07) is 0.560. The maximum absolute atomic E-state index is 12.5. The fourth-order valence-electron chi connectivity index (χ4n) is 1.26. The third kappa shape index (κ3) is 2.76. The number of nitrogens with two attached hydrogens (primary N) is 1. The van der Waals surface area contributed by atoms with E-state index in [1.54, 1.807) is 0 Å². The van der Waals surface area contributed by atoms with Crippen molar-refractivity contribution in [2.24, 2.45) is 5.73 Å². The summed E-state index contributed by atoms with van der Waals surface area (Å²) in [5.74, 6) is 0. The second kappa shape index (κ2) is 4.74. The number of aldehydes is 1. The first kappa shape index (κ1) is 13.5. The fraction of sp³-hybridized carbons (Fsp3) is 0.333. The Morgan fingerprint density at radius 1 is 1.41 bits per heavy atom. The van der Waals surface area contributed by atoms with Gasteiger partial charge in [-0.15, -0.1) is 0 Å². The lowest BCUT2D eigenvalue weighted by Crippen LogP contribution is -2.17. The number of hydrogen-bond acceptors (Lipinski definition) is 3. The van der Waals surface area contributed by atoms with Gasteiger partial charge in [-0.25, -0.2) is 13.8 Å². The van der Waals surface area contributed by atoms with Crippen molar-refractivity contribution >= 4 is 6.29 Å². The van der Waals surface area contributed by atoms with Crippen LogP contribution in [0.5, 0.6) is 0 Å². The van der Waals surface area contributed by atoms with Gasteiger partial charge in [-0.1, -0.05) is 0 Å². The molecule has 94 valence electrons. The molecule has 0 unspecified atom stereocenters. The molecule has 3 nitrogen and oxygen atoms in total. The van der Waals surface area contributed by atoms with Crippen LogP contribution < -0.4 is 5.73 Å². The van der Waals surface area contributed by atoms with Crippen molar-refractivity contribution in [1.82, 2.24) is 4.98 Å². The van der Waals surface area contributed by atoms with Crippen molar-refractivity contribution in [2.45, 2.75) is 19.1 Å². The van der Waals surface area contributed by atoms with Gasteiger partial charge >= 0.3 is 6.18 Å². The summed E-state index contributed by atoms with van der Waals surface area (Å²) in [7, 11) is 0. The van der Waals surface area contributed by atoms with Crippen LogP contribution in [-0.4, -0.2) is 11.3 Å². The smallest absolute Gasteiger partial charge is 0.326 e. The number of pyridine rings is 1. The molecule has 0 saturated carbocycles. The molecule has 0 aliphatic rings. The molecule has 17 heavy (non-hydrogen) atoms. The minimum atomic E-state index is -4.84. The van der Waals surface area contributed by atoms with E-state index in [0.29, 0.717) is 6.07 Å². The first-order valence-electron chi connectivity index (χ1n) is 4.35. The molecule has 0 spiro atoms. The van der Waals surface area contributed by atoms with Gasteiger partial charge in [0.2, 0.25) is 0 Å². The monoisotopic (exact) mass is 254 g/mol. The number of halogens is 5. The van der Waals surface area contributed by atoms with E-state index < -0.39 is 41.7 Å². The molecule has 1 rings (SSSR count). The number of aromatic nitrogens is 1. The van der Waals surface area contributed by atoms with Crippen LogP contribution in [0, 0.1) is 0 Å². The highest BCUT2D eigenvalue weighted by atomic mass is 19.4. The minimum Gasteiger partial charge on any atom is -0.326 e. The second-order valence-corrected chi connectivity index (χ2v) is 3.09. The maximum Gasteiger partial charge on any atom is 0.433 e. The number of carbonyl (C=O) groups excluding carboxylic acids is 1. The van der Waals surface area contributed by atoms with Crippen LogP contribution in [-0.2, 0) is 12.7 Å². The van der Waals surface area contributed by atoms with Gasteiger partial charge < -0.3 is 5.73 Å². The van der Waals surface area contributed by atoms with Gasteiger partial charge in [0.05, 0.1) is 0 Å². The summed E-state index contributed by atoms with van der Waals surface area (Å²) in [6.07, 6.45) is -8.07. The van der Waals surface area contributed by atoms with Crippen molar-refractivity contribution in [1.29, 1.82) is 0 Å². The average Bonchev–Trinajstić information content (AvgIpc) is 2.25. The molecule has 2 N–H and O–H groups in total. The number of hydrogen-bond donors (Lipinski definition) is 1. The molecule has 0 aromatic carbocycles. The molecule has 1 aromatic heterocycles. The zero-order chi connectivity index (χ0) is 13.2. The number of nitrogens with zero attached hydrogens (tertiary/aromatic N) is 1. The van der Waals surface area contributed by atoms with Crippen molar-refractivity contribution in [2.75, 3.05) is 0 Å². The van der Waals surface area contributed by atoms with Gasteiger partial charge in [0.25, 0.3) is 6.43 Å². The lowest BCUT2D eigenvalue weighted by Gasteiger charge is -2.13. The highest BCUT2D eigenvalue weighted by Crippen LogP contribution is 2.33. The van der Waals surface area contributed by atoms with E-state index in [4.69, 9.17) is 5.73 Å². The van der Waals surface area contributed by atoms with Gasteiger partial charge in [-0.3, -0.25) is 4.79 Å². The Morgan fingerprint density at radius 3 is 2.35 bits per heavy atom. The molecule has 1 heterocycles. The van der Waals surface area contributed by atoms with E-state index in [-0.39, 0.29) is 6.29 Å². The molecule has 0 atom stereocenters. The minimum absolute atomic E-state index is 0.142.